The number of hydrogen-bond donors (Lipinski definition) is 0. The number of benzene rings is 2. The van der Waals surface area contributed by atoms with Crippen molar-refractivity contribution in [3.05, 3.63) is 105 Å². The van der Waals surface area contributed by atoms with Gasteiger partial charge in [-0.1, -0.05) is 38.1 Å². The summed E-state index contributed by atoms with van der Waals surface area (Å²) in [7, 11) is 0. The second kappa shape index (κ2) is 7.23. The fourth-order valence-corrected chi connectivity index (χ4v) is 4.14. The molecule has 0 saturated heterocycles. The molecule has 0 fully saturated rings. The smallest absolute Gasteiger partial charge is 0.291 e. The van der Waals surface area contributed by atoms with Crippen LogP contribution >= 0.6 is 0 Å². The number of carbonyl (C=O) groups is 1. The molecule has 2 aromatic heterocycles. The zero-order valence-electron chi connectivity index (χ0n) is 17.1. The molecule has 4 aromatic rings. The van der Waals surface area contributed by atoms with Crippen molar-refractivity contribution in [2.24, 2.45) is 0 Å². The summed E-state index contributed by atoms with van der Waals surface area (Å²) in [4.78, 5) is 28.3. The molecule has 0 aliphatic carbocycles. The van der Waals surface area contributed by atoms with Gasteiger partial charge in [0.2, 0.25) is 5.76 Å². The number of carbonyl (C=O) groups excluding carboxylic acids is 1. The topological polar surface area (TPSA) is 63.7 Å². The van der Waals surface area contributed by atoms with Crippen LogP contribution in [0, 0.1) is 5.82 Å². The standard InChI is InChI=1S/C25H20FNO4/c1-14(2)15-5-7-16(8-6-15)22-21-23(28)19-12-17(26)9-10-20(19)31-24(21)25(29)27(22)13-18-4-3-11-30-18/h3-12,14,22H,13H2,1-2H3/t22-/m0/s1. The molecule has 0 unspecified atom stereocenters. The Balaban J connectivity index is 1.72. The largest absolute Gasteiger partial charge is 0.467 e. The average molecular weight is 417 g/mol. The quantitative estimate of drug-likeness (QED) is 0.446. The molecule has 0 saturated carbocycles. The summed E-state index contributed by atoms with van der Waals surface area (Å²) in [6, 6.07) is 14.4. The van der Waals surface area contributed by atoms with Gasteiger partial charge in [0.05, 0.1) is 29.8 Å². The van der Waals surface area contributed by atoms with Crippen LogP contribution < -0.4 is 5.43 Å². The van der Waals surface area contributed by atoms with E-state index in [2.05, 4.69) is 13.8 Å². The third-order valence-electron chi connectivity index (χ3n) is 5.75. The predicted octanol–water partition coefficient (Wildman–Crippen LogP) is 5.39. The van der Waals surface area contributed by atoms with Crippen LogP contribution in [0.2, 0.25) is 0 Å². The first-order valence-corrected chi connectivity index (χ1v) is 10.1. The summed E-state index contributed by atoms with van der Waals surface area (Å²) in [5.41, 5.74) is 1.95. The first-order valence-electron chi connectivity index (χ1n) is 10.1. The van der Waals surface area contributed by atoms with Gasteiger partial charge in [-0.15, -0.1) is 0 Å². The van der Waals surface area contributed by atoms with Gasteiger partial charge in [-0.3, -0.25) is 9.59 Å². The Kier molecular flexibility index (Phi) is 4.50. The van der Waals surface area contributed by atoms with Crippen LogP contribution in [0.15, 0.2) is 74.5 Å². The summed E-state index contributed by atoms with van der Waals surface area (Å²) in [5.74, 6) is 0.00590. The van der Waals surface area contributed by atoms with Crippen molar-refractivity contribution in [3.63, 3.8) is 0 Å². The highest BCUT2D eigenvalue weighted by atomic mass is 19.1. The zero-order chi connectivity index (χ0) is 21.7. The molecule has 0 radical (unpaired) electrons. The minimum absolute atomic E-state index is 0.00593. The van der Waals surface area contributed by atoms with Gasteiger partial charge in [-0.05, 0) is 47.4 Å². The molecule has 3 heterocycles. The fraction of sp³-hybridized carbons (Fsp3) is 0.200. The first kappa shape index (κ1) is 19.3. The Bertz CT molecular complexity index is 1340. The lowest BCUT2D eigenvalue weighted by molar-refractivity contribution is 0.0701. The SMILES string of the molecule is CC(C)c1ccc([C@H]2c3c(oc4ccc(F)cc4c3=O)C(=O)N2Cc2ccco2)cc1. The molecule has 1 aliphatic rings. The third kappa shape index (κ3) is 3.15. The second-order valence-electron chi connectivity index (χ2n) is 8.05. The highest BCUT2D eigenvalue weighted by molar-refractivity contribution is 5.99. The zero-order valence-corrected chi connectivity index (χ0v) is 17.1. The normalized spacial score (nSPS) is 15.8. The van der Waals surface area contributed by atoms with E-state index in [1.54, 1.807) is 17.0 Å². The number of nitrogens with zero attached hydrogens (tertiary/aromatic N) is 1. The number of furan rings is 1. The molecular weight excluding hydrogens is 397 g/mol. The molecule has 1 amide bonds. The highest BCUT2D eigenvalue weighted by Crippen LogP contribution is 2.39. The lowest BCUT2D eigenvalue weighted by Gasteiger charge is -2.24. The van der Waals surface area contributed by atoms with Crippen molar-refractivity contribution in [2.45, 2.75) is 32.4 Å². The van der Waals surface area contributed by atoms with Crippen LogP contribution in [-0.4, -0.2) is 10.8 Å². The Labute approximate surface area is 177 Å². The molecule has 1 atom stereocenters. The van der Waals surface area contributed by atoms with Gasteiger partial charge < -0.3 is 13.7 Å². The molecule has 0 spiro atoms. The minimum atomic E-state index is -0.655. The molecule has 5 nitrogen and oxygen atoms in total. The molecule has 0 bridgehead atoms. The van der Waals surface area contributed by atoms with Gasteiger partial charge in [0.15, 0.2) is 5.43 Å². The predicted molar refractivity (Wildman–Crippen MR) is 113 cm³/mol. The van der Waals surface area contributed by atoms with Crippen molar-refractivity contribution in [1.29, 1.82) is 0 Å². The van der Waals surface area contributed by atoms with Crippen molar-refractivity contribution in [2.75, 3.05) is 0 Å². The Morgan fingerprint density at radius 3 is 2.52 bits per heavy atom. The second-order valence-corrected chi connectivity index (χ2v) is 8.05. The Morgan fingerprint density at radius 2 is 1.84 bits per heavy atom. The molecule has 6 heteroatoms. The van der Waals surface area contributed by atoms with E-state index in [4.69, 9.17) is 8.83 Å². The van der Waals surface area contributed by atoms with E-state index in [0.29, 0.717) is 11.7 Å². The van der Waals surface area contributed by atoms with Gasteiger partial charge in [0, 0.05) is 0 Å². The van der Waals surface area contributed by atoms with Gasteiger partial charge in [0.1, 0.15) is 17.2 Å². The van der Waals surface area contributed by atoms with Gasteiger partial charge in [-0.2, -0.15) is 0 Å². The molecule has 1 aliphatic heterocycles. The number of fused-ring (bicyclic) bond motifs is 2. The van der Waals surface area contributed by atoms with Crippen molar-refractivity contribution >= 4 is 16.9 Å². The van der Waals surface area contributed by atoms with E-state index in [9.17, 15) is 14.0 Å². The molecule has 0 N–H and O–H groups in total. The molecule has 31 heavy (non-hydrogen) atoms. The monoisotopic (exact) mass is 417 g/mol. The van der Waals surface area contributed by atoms with E-state index in [-0.39, 0.29) is 28.8 Å². The molecule has 156 valence electrons. The lowest BCUT2D eigenvalue weighted by Crippen LogP contribution is -2.29. The van der Waals surface area contributed by atoms with Gasteiger partial charge >= 0.3 is 0 Å². The summed E-state index contributed by atoms with van der Waals surface area (Å²) < 4.78 is 25.1. The number of amides is 1. The van der Waals surface area contributed by atoms with E-state index in [0.717, 1.165) is 17.2 Å². The van der Waals surface area contributed by atoms with Crippen LogP contribution in [-0.2, 0) is 6.54 Å². The third-order valence-corrected chi connectivity index (χ3v) is 5.75. The number of halogens is 1. The minimum Gasteiger partial charge on any atom is -0.467 e. The van der Waals surface area contributed by atoms with Crippen LogP contribution in [0.25, 0.3) is 11.0 Å². The van der Waals surface area contributed by atoms with E-state index in [1.165, 1.54) is 18.4 Å². The highest BCUT2D eigenvalue weighted by Gasteiger charge is 2.43. The summed E-state index contributed by atoms with van der Waals surface area (Å²) in [6.45, 7) is 4.38. The van der Waals surface area contributed by atoms with Crippen LogP contribution in [0.3, 0.4) is 0 Å². The van der Waals surface area contributed by atoms with Crippen LogP contribution in [0.4, 0.5) is 4.39 Å². The summed E-state index contributed by atoms with van der Waals surface area (Å²) >= 11 is 0. The Morgan fingerprint density at radius 1 is 1.06 bits per heavy atom. The fourth-order valence-electron chi connectivity index (χ4n) is 4.14. The molecular formula is C25H20FNO4. The average Bonchev–Trinajstić information content (AvgIpc) is 3.36. The van der Waals surface area contributed by atoms with Gasteiger partial charge in [0.25, 0.3) is 5.91 Å². The van der Waals surface area contributed by atoms with E-state index < -0.39 is 23.2 Å². The summed E-state index contributed by atoms with van der Waals surface area (Å²) in [5, 5.41) is 0.121. The number of hydrogen-bond acceptors (Lipinski definition) is 4. The summed E-state index contributed by atoms with van der Waals surface area (Å²) in [6.07, 6.45) is 1.54. The number of rotatable bonds is 4. The molecule has 5 rings (SSSR count). The van der Waals surface area contributed by atoms with E-state index >= 15 is 0 Å². The van der Waals surface area contributed by atoms with E-state index in [1.807, 2.05) is 24.3 Å². The van der Waals surface area contributed by atoms with Crippen molar-refractivity contribution < 1.29 is 18.0 Å². The molecule has 2 aromatic carbocycles. The maximum atomic E-state index is 13.8. The lowest BCUT2D eigenvalue weighted by atomic mass is 9.95. The van der Waals surface area contributed by atoms with Crippen molar-refractivity contribution in [1.82, 2.24) is 4.90 Å². The maximum Gasteiger partial charge on any atom is 0.291 e. The van der Waals surface area contributed by atoms with Crippen LogP contribution in [0.1, 0.15) is 58.8 Å². The Hall–Kier alpha value is -3.67. The first-order chi connectivity index (χ1) is 14.9. The maximum absolute atomic E-state index is 13.8. The van der Waals surface area contributed by atoms with Crippen LogP contribution in [0.5, 0.6) is 0 Å². The van der Waals surface area contributed by atoms with Gasteiger partial charge in [-0.25, -0.2) is 4.39 Å². The van der Waals surface area contributed by atoms with Crippen molar-refractivity contribution in [3.8, 4) is 0 Å².